The fourth-order valence-electron chi connectivity index (χ4n) is 2.03. The molecule has 1 aromatic carbocycles. The van der Waals surface area contributed by atoms with E-state index in [9.17, 15) is 19.8 Å². The van der Waals surface area contributed by atoms with Gasteiger partial charge in [0, 0.05) is 12.1 Å². The largest absolute Gasteiger partial charge is 0.508 e. The highest BCUT2D eigenvalue weighted by molar-refractivity contribution is 5.95. The van der Waals surface area contributed by atoms with E-state index in [-0.39, 0.29) is 18.2 Å². The number of phenols is 1. The third kappa shape index (κ3) is 3.29. The van der Waals surface area contributed by atoms with Crippen LogP contribution >= 0.6 is 0 Å². The molecule has 110 valence electrons. The summed E-state index contributed by atoms with van der Waals surface area (Å²) >= 11 is 0. The van der Waals surface area contributed by atoms with E-state index >= 15 is 0 Å². The Morgan fingerprint density at radius 2 is 1.85 bits per heavy atom. The lowest BCUT2D eigenvalue weighted by atomic mass is 9.82. The van der Waals surface area contributed by atoms with E-state index in [0.29, 0.717) is 24.0 Å². The molecule has 1 amide bonds. The highest BCUT2D eigenvalue weighted by atomic mass is 16.4. The van der Waals surface area contributed by atoms with Gasteiger partial charge < -0.3 is 15.5 Å². The molecule has 0 aromatic heterocycles. The number of hydrogen-bond donors (Lipinski definition) is 3. The minimum atomic E-state index is -0.929. The predicted octanol–water partition coefficient (Wildman–Crippen LogP) is 2.32. The summed E-state index contributed by atoms with van der Waals surface area (Å²) in [7, 11) is 0. The zero-order valence-corrected chi connectivity index (χ0v) is 12.1. The molecule has 1 rings (SSSR count). The van der Waals surface area contributed by atoms with Crippen molar-refractivity contribution < 1.29 is 19.8 Å². The van der Waals surface area contributed by atoms with E-state index in [0.717, 1.165) is 0 Å². The first-order valence-electron chi connectivity index (χ1n) is 6.67. The van der Waals surface area contributed by atoms with Crippen LogP contribution in [0.1, 0.15) is 42.6 Å². The van der Waals surface area contributed by atoms with Crippen molar-refractivity contribution in [2.75, 3.05) is 6.54 Å². The Balaban J connectivity index is 2.80. The van der Waals surface area contributed by atoms with Crippen molar-refractivity contribution in [3.05, 3.63) is 29.3 Å². The molecule has 1 aromatic rings. The normalized spacial score (nSPS) is 11.2. The molecule has 0 heterocycles. The molecular formula is C15H21NO4. The number of hydrogen-bond acceptors (Lipinski definition) is 3. The van der Waals surface area contributed by atoms with Crippen molar-refractivity contribution in [3.8, 4) is 5.75 Å². The molecule has 3 N–H and O–H groups in total. The van der Waals surface area contributed by atoms with E-state index in [1.807, 2.05) is 0 Å². The van der Waals surface area contributed by atoms with Gasteiger partial charge in [0.05, 0.1) is 5.41 Å². The minimum absolute atomic E-state index is 0.0914. The topological polar surface area (TPSA) is 86.6 Å². The second-order valence-electron chi connectivity index (χ2n) is 4.98. The van der Waals surface area contributed by atoms with Crippen LogP contribution in [-0.4, -0.2) is 28.6 Å². The number of carbonyl (C=O) groups is 2. The smallest absolute Gasteiger partial charge is 0.311 e. The molecule has 0 saturated carbocycles. The molecule has 0 aliphatic rings. The lowest BCUT2D eigenvalue weighted by molar-refractivity contribution is -0.149. The highest BCUT2D eigenvalue weighted by Crippen LogP contribution is 2.26. The fraction of sp³-hybridized carbons (Fsp3) is 0.467. The van der Waals surface area contributed by atoms with Gasteiger partial charge >= 0.3 is 5.97 Å². The average molecular weight is 279 g/mol. The Kier molecular flexibility index (Phi) is 5.13. The van der Waals surface area contributed by atoms with Gasteiger partial charge in [0.25, 0.3) is 5.91 Å². The molecule has 0 unspecified atom stereocenters. The molecule has 0 spiro atoms. The average Bonchev–Trinajstić information content (AvgIpc) is 2.43. The second kappa shape index (κ2) is 6.41. The van der Waals surface area contributed by atoms with Crippen molar-refractivity contribution in [3.63, 3.8) is 0 Å². The summed E-state index contributed by atoms with van der Waals surface area (Å²) < 4.78 is 0. The summed E-state index contributed by atoms with van der Waals surface area (Å²) in [6.45, 7) is 5.39. The number of amides is 1. The third-order valence-corrected chi connectivity index (χ3v) is 3.85. The van der Waals surface area contributed by atoms with Crippen LogP contribution in [-0.2, 0) is 4.79 Å². The first-order chi connectivity index (χ1) is 9.36. The lowest BCUT2D eigenvalue weighted by Gasteiger charge is -2.26. The number of aromatic hydroxyl groups is 1. The number of nitrogens with one attached hydrogen (secondary N) is 1. The Morgan fingerprint density at radius 1 is 1.25 bits per heavy atom. The molecule has 0 aliphatic heterocycles. The number of benzene rings is 1. The van der Waals surface area contributed by atoms with Gasteiger partial charge in [-0.1, -0.05) is 13.8 Å². The van der Waals surface area contributed by atoms with Crippen LogP contribution in [0.2, 0.25) is 0 Å². The number of aryl methyl sites for hydroxylation is 1. The van der Waals surface area contributed by atoms with Crippen LogP contribution in [0.15, 0.2) is 18.2 Å². The molecule has 0 fully saturated rings. The van der Waals surface area contributed by atoms with Gasteiger partial charge in [-0.25, -0.2) is 0 Å². The highest BCUT2D eigenvalue weighted by Gasteiger charge is 2.35. The maximum atomic E-state index is 12.0. The van der Waals surface area contributed by atoms with Gasteiger partial charge in [0.15, 0.2) is 0 Å². The molecule has 0 bridgehead atoms. The van der Waals surface area contributed by atoms with E-state index < -0.39 is 11.4 Å². The molecular weight excluding hydrogens is 258 g/mol. The number of carboxylic acid groups (broad SMARTS) is 1. The standard InChI is InChI=1S/C15H21NO4/c1-4-15(5-2,14(19)20)9-16-13(18)11-6-7-12(17)10(3)8-11/h6-8,17H,4-5,9H2,1-3H3,(H,16,18)(H,19,20). The van der Waals surface area contributed by atoms with Crippen LogP contribution in [0.3, 0.4) is 0 Å². The summed E-state index contributed by atoms with van der Waals surface area (Å²) in [5.41, 5.74) is 0.0849. The zero-order valence-electron chi connectivity index (χ0n) is 12.1. The second-order valence-corrected chi connectivity index (χ2v) is 4.98. The van der Waals surface area contributed by atoms with E-state index in [1.165, 1.54) is 12.1 Å². The van der Waals surface area contributed by atoms with E-state index in [2.05, 4.69) is 5.32 Å². The number of phenolic OH excluding ortho intramolecular Hbond substituents is 1. The molecule has 0 aliphatic carbocycles. The van der Waals surface area contributed by atoms with Gasteiger partial charge in [-0.05, 0) is 43.5 Å². The molecule has 0 saturated heterocycles. The van der Waals surface area contributed by atoms with Crippen LogP contribution in [0, 0.1) is 12.3 Å². The first-order valence-corrected chi connectivity index (χ1v) is 6.67. The van der Waals surface area contributed by atoms with Gasteiger partial charge in [-0.3, -0.25) is 9.59 Å². The number of rotatable bonds is 6. The number of aliphatic carboxylic acids is 1. The molecule has 5 heteroatoms. The van der Waals surface area contributed by atoms with E-state index in [1.54, 1.807) is 26.8 Å². The Morgan fingerprint density at radius 3 is 2.30 bits per heavy atom. The van der Waals surface area contributed by atoms with Gasteiger partial charge in [-0.15, -0.1) is 0 Å². The lowest BCUT2D eigenvalue weighted by Crippen LogP contribution is -2.42. The number of carbonyl (C=O) groups excluding carboxylic acids is 1. The van der Waals surface area contributed by atoms with Crippen LogP contribution < -0.4 is 5.32 Å². The maximum absolute atomic E-state index is 12.0. The van der Waals surface area contributed by atoms with Crippen LogP contribution in [0.4, 0.5) is 0 Å². The predicted molar refractivity (Wildman–Crippen MR) is 75.8 cm³/mol. The zero-order chi connectivity index (χ0) is 15.3. The van der Waals surface area contributed by atoms with Crippen molar-refractivity contribution in [1.29, 1.82) is 0 Å². The molecule has 20 heavy (non-hydrogen) atoms. The number of carboxylic acids is 1. The van der Waals surface area contributed by atoms with Crippen molar-refractivity contribution >= 4 is 11.9 Å². The minimum Gasteiger partial charge on any atom is -0.508 e. The fourth-order valence-corrected chi connectivity index (χ4v) is 2.03. The van der Waals surface area contributed by atoms with Gasteiger partial charge in [0.1, 0.15) is 5.75 Å². The summed E-state index contributed by atoms with van der Waals surface area (Å²) in [6.07, 6.45) is 0.904. The van der Waals surface area contributed by atoms with Crippen LogP contribution in [0.25, 0.3) is 0 Å². The monoisotopic (exact) mass is 279 g/mol. The summed E-state index contributed by atoms with van der Waals surface area (Å²) in [4.78, 5) is 23.4. The molecule has 0 atom stereocenters. The summed E-state index contributed by atoms with van der Waals surface area (Å²) in [5, 5.41) is 21.4. The Labute approximate surface area is 118 Å². The van der Waals surface area contributed by atoms with Crippen LogP contribution in [0.5, 0.6) is 5.75 Å². The van der Waals surface area contributed by atoms with Crippen molar-refractivity contribution in [2.24, 2.45) is 5.41 Å². The summed E-state index contributed by atoms with van der Waals surface area (Å²) in [6, 6.07) is 4.54. The van der Waals surface area contributed by atoms with Crippen molar-refractivity contribution in [2.45, 2.75) is 33.6 Å². The van der Waals surface area contributed by atoms with Crippen molar-refractivity contribution in [1.82, 2.24) is 5.32 Å². The Bertz CT molecular complexity index is 507. The van der Waals surface area contributed by atoms with Gasteiger partial charge in [-0.2, -0.15) is 0 Å². The first kappa shape index (κ1) is 16.0. The Hall–Kier alpha value is -2.04. The third-order valence-electron chi connectivity index (χ3n) is 3.85. The summed E-state index contributed by atoms with van der Waals surface area (Å²) in [5.74, 6) is -1.10. The SMILES string of the molecule is CCC(CC)(CNC(=O)c1ccc(O)c(C)c1)C(=O)O. The quantitative estimate of drug-likeness (QED) is 0.746. The van der Waals surface area contributed by atoms with Gasteiger partial charge in [0.2, 0.25) is 0 Å². The molecule has 5 nitrogen and oxygen atoms in total. The maximum Gasteiger partial charge on any atom is 0.311 e. The molecule has 0 radical (unpaired) electrons. The van der Waals surface area contributed by atoms with E-state index in [4.69, 9.17) is 0 Å².